The molecule has 1 saturated heterocycles. The maximum atomic E-state index is 15.4. The maximum absolute atomic E-state index is 15.4. The van der Waals surface area contributed by atoms with Crippen LogP contribution in [0.2, 0.25) is 0 Å². The third-order valence-electron chi connectivity index (χ3n) is 10.8. The first kappa shape index (κ1) is 46.3. The van der Waals surface area contributed by atoms with Crippen molar-refractivity contribution >= 4 is 69.1 Å². The number of aryl methyl sites for hydroxylation is 4. The molecular formula is C44H51FN10O9S. The van der Waals surface area contributed by atoms with E-state index in [0.717, 1.165) is 24.6 Å². The van der Waals surface area contributed by atoms with Crippen LogP contribution in [0.25, 0.3) is 22.1 Å². The lowest BCUT2D eigenvalue weighted by atomic mass is 10.2. The Hall–Kier alpha value is -6.71. The topological polar surface area (TPSA) is 208 Å². The molecule has 0 aliphatic carbocycles. The van der Waals surface area contributed by atoms with E-state index in [4.69, 9.17) is 33.7 Å². The Bertz CT molecular complexity index is 2790. The molecule has 344 valence electrons. The van der Waals surface area contributed by atoms with Gasteiger partial charge < -0.3 is 32.8 Å². The highest BCUT2D eigenvalue weighted by molar-refractivity contribution is 7.13. The zero-order chi connectivity index (χ0) is 46.4. The average Bonchev–Trinajstić information content (AvgIpc) is 4.06. The molecule has 7 rings (SSSR count). The molecule has 0 spiro atoms. The highest BCUT2D eigenvalue weighted by atomic mass is 32.1. The molecule has 0 radical (unpaired) electrons. The summed E-state index contributed by atoms with van der Waals surface area (Å²) in [5, 5.41) is 10.6. The van der Waals surface area contributed by atoms with Crippen molar-refractivity contribution in [3.8, 4) is 11.5 Å². The molecule has 1 fully saturated rings. The number of nitrogens with one attached hydrogen (secondary N) is 2. The summed E-state index contributed by atoms with van der Waals surface area (Å²) in [4.78, 5) is 69.9. The highest BCUT2D eigenvalue weighted by Gasteiger charge is 2.27. The van der Waals surface area contributed by atoms with Crippen molar-refractivity contribution in [2.45, 2.75) is 60.2 Å². The quantitative estimate of drug-likeness (QED) is 0.0592. The number of benzene rings is 2. The summed E-state index contributed by atoms with van der Waals surface area (Å²) in [5.74, 6) is -2.30. The smallest absolute Gasteiger partial charge is 0.338 e. The predicted molar refractivity (Wildman–Crippen MR) is 240 cm³/mol. The van der Waals surface area contributed by atoms with Crippen molar-refractivity contribution in [2.75, 3.05) is 71.4 Å². The molecule has 2 N–H and O–H groups in total. The molecule has 65 heavy (non-hydrogen) atoms. The molecule has 0 unspecified atom stereocenters. The predicted octanol–water partition coefficient (Wildman–Crippen LogP) is 5.82. The van der Waals surface area contributed by atoms with E-state index in [1.807, 2.05) is 26.0 Å². The third kappa shape index (κ3) is 9.86. The van der Waals surface area contributed by atoms with Crippen LogP contribution in [-0.4, -0.2) is 123 Å². The largest absolute Gasteiger partial charge is 0.494 e. The van der Waals surface area contributed by atoms with Gasteiger partial charge in [-0.2, -0.15) is 5.10 Å². The van der Waals surface area contributed by atoms with Gasteiger partial charge in [0, 0.05) is 39.3 Å². The van der Waals surface area contributed by atoms with Crippen LogP contribution >= 0.6 is 11.3 Å². The highest BCUT2D eigenvalue weighted by Crippen LogP contribution is 2.34. The van der Waals surface area contributed by atoms with Crippen molar-refractivity contribution in [1.82, 2.24) is 38.8 Å². The van der Waals surface area contributed by atoms with Crippen LogP contribution in [0.5, 0.6) is 11.5 Å². The number of morpholine rings is 1. The van der Waals surface area contributed by atoms with E-state index in [0.29, 0.717) is 76.8 Å². The van der Waals surface area contributed by atoms with E-state index in [1.165, 1.54) is 56.4 Å². The molecule has 19 nitrogen and oxygen atoms in total. The first-order valence-corrected chi connectivity index (χ1v) is 21.9. The number of methoxy groups -OCH3 is 3. The number of imidazole rings is 2. The Morgan fingerprint density at radius 2 is 1.42 bits per heavy atom. The summed E-state index contributed by atoms with van der Waals surface area (Å²) in [6.07, 6.45) is 4.85. The zero-order valence-corrected chi connectivity index (χ0v) is 38.1. The molecule has 1 aliphatic heterocycles. The van der Waals surface area contributed by atoms with Crippen LogP contribution in [0.4, 0.5) is 16.3 Å². The van der Waals surface area contributed by atoms with Crippen molar-refractivity contribution < 1.29 is 47.3 Å². The number of hydrogen-bond donors (Lipinski definition) is 2. The van der Waals surface area contributed by atoms with E-state index in [9.17, 15) is 19.2 Å². The first-order valence-electron chi connectivity index (χ1n) is 21.1. The molecule has 5 heterocycles. The van der Waals surface area contributed by atoms with E-state index in [1.54, 1.807) is 28.2 Å². The first-order chi connectivity index (χ1) is 31.4. The average molecular weight is 915 g/mol. The van der Waals surface area contributed by atoms with E-state index >= 15 is 4.39 Å². The Labute approximate surface area is 377 Å². The Morgan fingerprint density at radius 3 is 1.98 bits per heavy atom. The lowest BCUT2D eigenvalue weighted by Crippen LogP contribution is -2.37. The number of rotatable bonds is 18. The summed E-state index contributed by atoms with van der Waals surface area (Å²) in [6, 6.07) is 6.20. The second-order valence-electron chi connectivity index (χ2n) is 14.9. The summed E-state index contributed by atoms with van der Waals surface area (Å²) in [7, 11) is 4.01. The van der Waals surface area contributed by atoms with Crippen molar-refractivity contribution in [3.63, 3.8) is 0 Å². The van der Waals surface area contributed by atoms with Gasteiger partial charge in [0.1, 0.15) is 27.4 Å². The maximum Gasteiger partial charge on any atom is 0.338 e. The SMILES string of the molecule is CCc1nc(C)sc1C(=O)Nc1nc2cc(C(=O)OC)cc(OC)c2n1CC=CCn1c(NC(=O)c2c(F)c(C)nn2CC)nc2cc(C(=O)OC)cc(OCCCN3CCOCC3)c21. The van der Waals surface area contributed by atoms with Crippen LogP contribution in [0.15, 0.2) is 36.4 Å². The number of amides is 2. The fourth-order valence-corrected chi connectivity index (χ4v) is 8.51. The van der Waals surface area contributed by atoms with E-state index in [2.05, 4.69) is 25.6 Å². The van der Waals surface area contributed by atoms with Crippen LogP contribution in [0.3, 0.4) is 0 Å². The number of esters is 2. The van der Waals surface area contributed by atoms with Gasteiger partial charge in [0.2, 0.25) is 11.9 Å². The van der Waals surface area contributed by atoms with Gasteiger partial charge in [-0.3, -0.25) is 29.8 Å². The van der Waals surface area contributed by atoms with Gasteiger partial charge in [-0.1, -0.05) is 19.1 Å². The van der Waals surface area contributed by atoms with Gasteiger partial charge in [0.15, 0.2) is 11.5 Å². The number of anilines is 2. The van der Waals surface area contributed by atoms with Crippen molar-refractivity contribution in [3.05, 3.63) is 80.3 Å². The number of allylic oxidation sites excluding steroid dienone is 2. The minimum atomic E-state index is -0.780. The lowest BCUT2D eigenvalue weighted by Gasteiger charge is -2.26. The summed E-state index contributed by atoms with van der Waals surface area (Å²) >= 11 is 1.28. The van der Waals surface area contributed by atoms with E-state index in [-0.39, 0.29) is 54.0 Å². The lowest BCUT2D eigenvalue weighted by molar-refractivity contribution is 0.0358. The minimum absolute atomic E-state index is 0.0420. The number of fused-ring (bicyclic) bond motifs is 2. The zero-order valence-electron chi connectivity index (χ0n) is 37.3. The Kier molecular flexibility index (Phi) is 14.5. The van der Waals surface area contributed by atoms with E-state index < -0.39 is 29.6 Å². The van der Waals surface area contributed by atoms with Crippen LogP contribution in [0.1, 0.15) is 77.5 Å². The third-order valence-corrected chi connectivity index (χ3v) is 11.8. The second kappa shape index (κ2) is 20.4. The number of carbonyl (C=O) groups excluding carboxylic acids is 4. The van der Waals surface area contributed by atoms with Gasteiger partial charge in [-0.05, 0) is 57.9 Å². The molecule has 1 aliphatic rings. The number of carbonyl (C=O) groups is 4. The van der Waals surface area contributed by atoms with Crippen LogP contribution in [0, 0.1) is 19.7 Å². The Morgan fingerprint density at radius 1 is 0.831 bits per heavy atom. The van der Waals surface area contributed by atoms with Gasteiger partial charge >= 0.3 is 11.9 Å². The summed E-state index contributed by atoms with van der Waals surface area (Å²) in [5.41, 5.74) is 2.45. The number of halogens is 1. The molecule has 0 saturated carbocycles. The molecule has 0 bridgehead atoms. The molecule has 21 heteroatoms. The minimum Gasteiger partial charge on any atom is -0.494 e. The number of nitrogens with zero attached hydrogens (tertiary/aromatic N) is 8. The summed E-state index contributed by atoms with van der Waals surface area (Å²) < 4.78 is 47.7. The fourth-order valence-electron chi connectivity index (χ4n) is 7.61. The molecule has 2 amide bonds. The number of aromatic nitrogens is 7. The second-order valence-corrected chi connectivity index (χ2v) is 16.1. The van der Waals surface area contributed by atoms with Gasteiger partial charge in [0.25, 0.3) is 11.8 Å². The monoisotopic (exact) mass is 914 g/mol. The number of ether oxygens (including phenoxy) is 5. The number of thiazole rings is 1. The summed E-state index contributed by atoms with van der Waals surface area (Å²) in [6.45, 7) is 11.5. The molecule has 2 aromatic carbocycles. The molecule has 4 aromatic heterocycles. The number of hydrogen-bond acceptors (Lipinski definition) is 15. The normalized spacial score (nSPS) is 13.2. The molecule has 0 atom stereocenters. The molecular weight excluding hydrogens is 864 g/mol. The Balaban J connectivity index is 1.27. The van der Waals surface area contributed by atoms with Crippen molar-refractivity contribution in [1.29, 1.82) is 0 Å². The van der Waals surface area contributed by atoms with Gasteiger partial charge in [0.05, 0.1) is 79.7 Å². The molecule has 6 aromatic rings. The van der Waals surface area contributed by atoms with Crippen LogP contribution < -0.4 is 20.1 Å². The fraction of sp³-hybridized carbons (Fsp3) is 0.409. The van der Waals surface area contributed by atoms with Crippen molar-refractivity contribution in [2.24, 2.45) is 0 Å². The van der Waals surface area contributed by atoms with Gasteiger partial charge in [-0.25, -0.2) is 28.9 Å². The van der Waals surface area contributed by atoms with Gasteiger partial charge in [-0.15, -0.1) is 11.3 Å². The standard InChI is InChI=1S/C44H51FN10O9S/c1-8-29-38(65-26(4)46-29)40(57)50-44-47-30-21-27(41(58)61-6)23-32(60-5)35(30)53(44)14-10-11-15-54-36-31(48-43(54)49-39(56)37-34(45)25(3)51-55(37)9-2)22-28(42(59)62-7)24-33(36)64-18-12-13-52-16-19-63-20-17-52/h10-11,21-24H,8-9,12-20H2,1-7H3,(H,47,50,57)(H,48,49,56). The van der Waals surface area contributed by atoms with Crippen LogP contribution in [-0.2, 0) is 40.3 Å².